The molecule has 0 radical (unpaired) electrons. The second-order valence-electron chi connectivity index (χ2n) is 5.64. The third-order valence-corrected chi connectivity index (χ3v) is 4.29. The van der Waals surface area contributed by atoms with E-state index in [1.54, 1.807) is 11.1 Å². The van der Waals surface area contributed by atoms with Crippen molar-refractivity contribution in [2.45, 2.75) is 45.3 Å². The first kappa shape index (κ1) is 15.7. The topological polar surface area (TPSA) is 51.7 Å². The van der Waals surface area contributed by atoms with Crippen LogP contribution in [0.4, 0.5) is 9.93 Å². The Morgan fingerprint density at radius 2 is 2.15 bits per heavy atom. The Kier molecular flexibility index (Phi) is 5.04. The van der Waals surface area contributed by atoms with Crippen LogP contribution in [0.5, 0.6) is 0 Å². The predicted octanol–water partition coefficient (Wildman–Crippen LogP) is 3.83. The van der Waals surface area contributed by atoms with E-state index in [1.807, 2.05) is 20.8 Å². The maximum atomic E-state index is 12.5. The highest BCUT2D eigenvalue weighted by atomic mass is 79.9. The minimum absolute atomic E-state index is 0.0802. The lowest BCUT2D eigenvalue weighted by atomic mass is 10.1. The Hall–Kier alpha value is -0.660. The van der Waals surface area contributed by atoms with Crippen LogP contribution in [0.25, 0.3) is 0 Å². The molecule has 1 fully saturated rings. The number of carbonyl (C=O) groups excluding carboxylic acids is 1. The van der Waals surface area contributed by atoms with Crippen LogP contribution in [-0.4, -0.2) is 35.9 Å². The lowest BCUT2D eigenvalue weighted by Gasteiger charge is -2.33. The highest BCUT2D eigenvalue weighted by molar-refractivity contribution is 9.11. The van der Waals surface area contributed by atoms with Gasteiger partial charge >= 0.3 is 6.09 Å². The van der Waals surface area contributed by atoms with E-state index in [-0.39, 0.29) is 12.1 Å². The largest absolute Gasteiger partial charge is 0.443 e. The lowest BCUT2D eigenvalue weighted by Crippen LogP contribution is -2.46. The van der Waals surface area contributed by atoms with E-state index in [4.69, 9.17) is 9.47 Å². The quantitative estimate of drug-likeness (QED) is 0.802. The van der Waals surface area contributed by atoms with Gasteiger partial charge in [0.25, 0.3) is 0 Å². The second-order valence-corrected chi connectivity index (χ2v) is 8.03. The maximum Gasteiger partial charge on any atom is 0.416 e. The molecule has 20 heavy (non-hydrogen) atoms. The molecule has 1 saturated heterocycles. The number of carbonyl (C=O) groups is 1. The molecule has 2 rings (SSSR count). The van der Waals surface area contributed by atoms with Gasteiger partial charge in [-0.25, -0.2) is 14.7 Å². The van der Waals surface area contributed by atoms with Crippen molar-refractivity contribution in [1.82, 2.24) is 4.98 Å². The molecule has 0 atom stereocenters. The molecule has 0 bridgehead atoms. The SMILES string of the molecule is CC(C)(C)OC(=O)N(c1ncc(Br)s1)C1CCOCC1. The van der Waals surface area contributed by atoms with Gasteiger partial charge in [-0.1, -0.05) is 11.3 Å². The van der Waals surface area contributed by atoms with Gasteiger partial charge in [-0.3, -0.25) is 0 Å². The zero-order valence-corrected chi connectivity index (χ0v) is 14.3. The van der Waals surface area contributed by atoms with Crippen LogP contribution in [0.15, 0.2) is 9.98 Å². The highest BCUT2D eigenvalue weighted by Gasteiger charge is 2.32. The van der Waals surface area contributed by atoms with Gasteiger partial charge < -0.3 is 9.47 Å². The molecular weight excluding hydrogens is 344 g/mol. The minimum Gasteiger partial charge on any atom is -0.443 e. The molecule has 0 saturated carbocycles. The van der Waals surface area contributed by atoms with Crippen LogP contribution in [0, 0.1) is 0 Å². The predicted molar refractivity (Wildman–Crippen MR) is 82.4 cm³/mol. The number of thiazole rings is 1. The number of halogens is 1. The Morgan fingerprint density at radius 1 is 1.50 bits per heavy atom. The summed E-state index contributed by atoms with van der Waals surface area (Å²) < 4.78 is 11.8. The third-order valence-electron chi connectivity index (χ3n) is 2.82. The monoisotopic (exact) mass is 362 g/mol. The van der Waals surface area contributed by atoms with E-state index >= 15 is 0 Å². The molecule has 1 aromatic rings. The van der Waals surface area contributed by atoms with Gasteiger partial charge in [0.2, 0.25) is 0 Å². The molecule has 1 aliphatic rings. The van der Waals surface area contributed by atoms with E-state index in [1.165, 1.54) is 11.3 Å². The molecule has 0 N–H and O–H groups in total. The Bertz CT molecular complexity index is 466. The number of anilines is 1. The average Bonchev–Trinajstić information content (AvgIpc) is 2.75. The lowest BCUT2D eigenvalue weighted by molar-refractivity contribution is 0.0487. The fourth-order valence-corrected chi connectivity index (χ4v) is 3.24. The van der Waals surface area contributed by atoms with Crippen molar-refractivity contribution in [1.29, 1.82) is 0 Å². The van der Waals surface area contributed by atoms with Crippen molar-refractivity contribution < 1.29 is 14.3 Å². The molecule has 5 nitrogen and oxygen atoms in total. The zero-order chi connectivity index (χ0) is 14.8. The summed E-state index contributed by atoms with van der Waals surface area (Å²) in [5.41, 5.74) is -0.519. The molecule has 112 valence electrons. The molecule has 1 aromatic heterocycles. The van der Waals surface area contributed by atoms with Crippen LogP contribution in [0.3, 0.4) is 0 Å². The zero-order valence-electron chi connectivity index (χ0n) is 11.9. The van der Waals surface area contributed by atoms with E-state index in [9.17, 15) is 4.79 Å². The van der Waals surface area contributed by atoms with Crippen LogP contribution in [0.1, 0.15) is 33.6 Å². The van der Waals surface area contributed by atoms with Crippen LogP contribution in [0.2, 0.25) is 0 Å². The van der Waals surface area contributed by atoms with Gasteiger partial charge in [-0.15, -0.1) is 0 Å². The van der Waals surface area contributed by atoms with Gasteiger partial charge in [0, 0.05) is 19.3 Å². The van der Waals surface area contributed by atoms with E-state index in [0.717, 1.165) is 16.6 Å². The maximum absolute atomic E-state index is 12.5. The standard InChI is InChI=1S/C13H19BrN2O3S/c1-13(2,3)19-12(17)16(9-4-6-18-7-5-9)11-15-8-10(14)20-11/h8-9H,4-7H2,1-3H3. The Labute approximate surface area is 131 Å². The van der Waals surface area contributed by atoms with Gasteiger partial charge in [0.15, 0.2) is 5.13 Å². The van der Waals surface area contributed by atoms with Crippen LogP contribution < -0.4 is 4.90 Å². The van der Waals surface area contributed by atoms with Crippen molar-refractivity contribution >= 4 is 38.5 Å². The normalized spacial score (nSPS) is 17.0. The van der Waals surface area contributed by atoms with Gasteiger partial charge in [0.1, 0.15) is 5.60 Å². The molecule has 2 heterocycles. The molecule has 7 heteroatoms. The van der Waals surface area contributed by atoms with Crippen molar-refractivity contribution in [3.05, 3.63) is 9.98 Å². The summed E-state index contributed by atoms with van der Waals surface area (Å²) in [5, 5.41) is 0.665. The highest BCUT2D eigenvalue weighted by Crippen LogP contribution is 2.31. The number of amides is 1. The van der Waals surface area contributed by atoms with Gasteiger partial charge in [-0.05, 0) is 49.5 Å². The summed E-state index contributed by atoms with van der Waals surface area (Å²) in [6, 6.07) is 0.0802. The van der Waals surface area contributed by atoms with Gasteiger partial charge in [-0.2, -0.15) is 0 Å². The minimum atomic E-state index is -0.519. The Balaban J connectivity index is 2.21. The molecule has 0 aromatic carbocycles. The fraction of sp³-hybridized carbons (Fsp3) is 0.692. The van der Waals surface area contributed by atoms with Crippen LogP contribution >= 0.6 is 27.3 Å². The summed E-state index contributed by atoms with van der Waals surface area (Å²) in [7, 11) is 0. The summed E-state index contributed by atoms with van der Waals surface area (Å²) >= 11 is 4.82. The summed E-state index contributed by atoms with van der Waals surface area (Å²) in [6.07, 6.45) is 2.97. The smallest absolute Gasteiger partial charge is 0.416 e. The van der Waals surface area contributed by atoms with E-state index < -0.39 is 5.60 Å². The number of hydrogen-bond acceptors (Lipinski definition) is 5. The summed E-state index contributed by atoms with van der Waals surface area (Å²) in [4.78, 5) is 18.5. The van der Waals surface area contributed by atoms with Crippen LogP contribution in [-0.2, 0) is 9.47 Å². The van der Waals surface area contributed by atoms with Crippen molar-refractivity contribution in [2.75, 3.05) is 18.1 Å². The Morgan fingerprint density at radius 3 is 2.65 bits per heavy atom. The molecule has 0 aliphatic carbocycles. The van der Waals surface area contributed by atoms with Crippen molar-refractivity contribution in [3.63, 3.8) is 0 Å². The molecule has 0 unspecified atom stereocenters. The van der Waals surface area contributed by atoms with Gasteiger partial charge in [0.05, 0.1) is 9.98 Å². The number of hydrogen-bond donors (Lipinski definition) is 0. The first-order chi connectivity index (χ1) is 9.37. The number of rotatable bonds is 2. The second kappa shape index (κ2) is 6.41. The average molecular weight is 363 g/mol. The molecule has 0 spiro atoms. The molecule has 1 amide bonds. The van der Waals surface area contributed by atoms with Crippen molar-refractivity contribution in [2.24, 2.45) is 0 Å². The third kappa shape index (κ3) is 4.17. The van der Waals surface area contributed by atoms with E-state index in [2.05, 4.69) is 20.9 Å². The van der Waals surface area contributed by atoms with E-state index in [0.29, 0.717) is 18.3 Å². The molecular formula is C13H19BrN2O3S. The van der Waals surface area contributed by atoms with Crippen molar-refractivity contribution in [3.8, 4) is 0 Å². The fourth-order valence-electron chi connectivity index (χ4n) is 2.00. The number of nitrogens with zero attached hydrogens (tertiary/aromatic N) is 2. The first-order valence-corrected chi connectivity index (χ1v) is 8.19. The number of ether oxygens (including phenoxy) is 2. The summed E-state index contributed by atoms with van der Waals surface area (Å²) in [6.45, 7) is 6.92. The number of aromatic nitrogens is 1. The molecule has 1 aliphatic heterocycles. The summed E-state index contributed by atoms with van der Waals surface area (Å²) in [5.74, 6) is 0. The first-order valence-electron chi connectivity index (χ1n) is 6.58.